The molecule has 0 amide bonds. The van der Waals surface area contributed by atoms with E-state index in [-0.39, 0.29) is 0 Å². The summed E-state index contributed by atoms with van der Waals surface area (Å²) in [6, 6.07) is 0. The fourth-order valence-electron chi connectivity index (χ4n) is 1.42. The van der Waals surface area contributed by atoms with E-state index in [0.717, 1.165) is 18.6 Å². The highest BCUT2D eigenvalue weighted by molar-refractivity contribution is 7.99. The second-order valence-corrected chi connectivity index (χ2v) is 4.94. The minimum atomic E-state index is 0.648. The molecular weight excluding hydrogens is 206 g/mol. The van der Waals surface area contributed by atoms with Gasteiger partial charge in [0.05, 0.1) is 0 Å². The lowest BCUT2D eigenvalue weighted by Gasteiger charge is -2.21. The molecule has 0 heterocycles. The highest BCUT2D eigenvalue weighted by atomic mass is 32.2. The second-order valence-electron chi connectivity index (χ2n) is 3.79. The lowest BCUT2D eigenvalue weighted by molar-refractivity contribution is -0.105. The Bertz CT molecular complexity index is 134. The summed E-state index contributed by atoms with van der Waals surface area (Å²) in [5.74, 6) is 1.74. The number of hydrogen-bond acceptors (Lipinski definition) is 3. The van der Waals surface area contributed by atoms with Gasteiger partial charge in [0.1, 0.15) is 6.29 Å². The van der Waals surface area contributed by atoms with Crippen molar-refractivity contribution in [2.45, 2.75) is 39.5 Å². The van der Waals surface area contributed by atoms with Crippen LogP contribution in [0.4, 0.5) is 0 Å². The van der Waals surface area contributed by atoms with Crippen LogP contribution in [0.5, 0.6) is 0 Å². The van der Waals surface area contributed by atoms with E-state index in [1.807, 2.05) is 0 Å². The minimum absolute atomic E-state index is 0.648. The zero-order valence-corrected chi connectivity index (χ0v) is 11.0. The number of carbonyl (C=O) groups is 1. The normalized spacial score (nSPS) is 10.9. The van der Waals surface area contributed by atoms with Crippen LogP contribution in [0.3, 0.4) is 0 Å². The molecule has 0 fully saturated rings. The van der Waals surface area contributed by atoms with Crippen molar-refractivity contribution in [2.75, 3.05) is 31.1 Å². The SMILES string of the molecule is CCCCN(CCCC)CCSCC=O. The predicted molar refractivity (Wildman–Crippen MR) is 69.6 cm³/mol. The first-order chi connectivity index (χ1) is 7.35. The molecule has 0 aromatic carbocycles. The first kappa shape index (κ1) is 15.0. The average molecular weight is 231 g/mol. The van der Waals surface area contributed by atoms with Gasteiger partial charge in [-0.25, -0.2) is 0 Å². The molecule has 0 aliphatic heterocycles. The molecular formula is C12H25NOS. The van der Waals surface area contributed by atoms with Crippen LogP contribution >= 0.6 is 11.8 Å². The molecule has 15 heavy (non-hydrogen) atoms. The van der Waals surface area contributed by atoms with Crippen LogP contribution in [-0.2, 0) is 4.79 Å². The molecule has 0 unspecified atom stereocenters. The van der Waals surface area contributed by atoms with Gasteiger partial charge in [-0.1, -0.05) is 26.7 Å². The molecule has 90 valence electrons. The smallest absolute Gasteiger partial charge is 0.129 e. The van der Waals surface area contributed by atoms with Gasteiger partial charge in [-0.3, -0.25) is 0 Å². The Morgan fingerprint density at radius 3 is 2.13 bits per heavy atom. The largest absolute Gasteiger partial charge is 0.303 e. The fourth-order valence-corrected chi connectivity index (χ4v) is 2.07. The number of thioether (sulfide) groups is 1. The van der Waals surface area contributed by atoms with Crippen molar-refractivity contribution in [2.24, 2.45) is 0 Å². The van der Waals surface area contributed by atoms with E-state index in [0.29, 0.717) is 5.75 Å². The first-order valence-corrected chi connectivity index (χ1v) is 7.24. The fraction of sp³-hybridized carbons (Fsp3) is 0.917. The number of hydrogen-bond donors (Lipinski definition) is 0. The molecule has 0 saturated heterocycles. The van der Waals surface area contributed by atoms with Crippen molar-refractivity contribution in [3.63, 3.8) is 0 Å². The average Bonchev–Trinajstić information content (AvgIpc) is 2.27. The third kappa shape index (κ3) is 10.3. The molecule has 0 aromatic heterocycles. The maximum atomic E-state index is 10.2. The van der Waals surface area contributed by atoms with E-state index in [2.05, 4.69) is 18.7 Å². The summed E-state index contributed by atoms with van der Waals surface area (Å²) in [7, 11) is 0. The van der Waals surface area contributed by atoms with E-state index >= 15 is 0 Å². The second kappa shape index (κ2) is 12.1. The Balaban J connectivity index is 3.53. The van der Waals surface area contributed by atoms with Gasteiger partial charge in [-0.2, -0.15) is 11.8 Å². The highest BCUT2D eigenvalue weighted by Gasteiger charge is 2.02. The lowest BCUT2D eigenvalue weighted by atomic mass is 10.2. The summed E-state index contributed by atoms with van der Waals surface area (Å²) in [6.07, 6.45) is 6.12. The molecule has 0 aromatic rings. The van der Waals surface area contributed by atoms with Crippen LogP contribution in [0.2, 0.25) is 0 Å². The predicted octanol–water partition coefficient (Wildman–Crippen LogP) is 2.82. The molecule has 3 heteroatoms. The standard InChI is InChI=1S/C12H25NOS/c1-3-5-7-13(8-6-4-2)9-11-15-12-10-14/h10H,3-9,11-12H2,1-2H3. The van der Waals surface area contributed by atoms with Gasteiger partial charge >= 0.3 is 0 Å². The number of aldehydes is 1. The summed E-state index contributed by atoms with van der Waals surface area (Å²) in [4.78, 5) is 12.7. The molecule has 0 radical (unpaired) electrons. The summed E-state index contributed by atoms with van der Waals surface area (Å²) >= 11 is 1.74. The molecule has 0 aliphatic carbocycles. The van der Waals surface area contributed by atoms with Gasteiger partial charge in [0.25, 0.3) is 0 Å². The molecule has 0 N–H and O–H groups in total. The van der Waals surface area contributed by atoms with Crippen molar-refractivity contribution in [3.8, 4) is 0 Å². The van der Waals surface area contributed by atoms with Gasteiger partial charge in [0, 0.05) is 18.1 Å². The number of rotatable bonds is 11. The van der Waals surface area contributed by atoms with Crippen LogP contribution in [0, 0.1) is 0 Å². The van der Waals surface area contributed by atoms with Crippen LogP contribution in [0.1, 0.15) is 39.5 Å². The molecule has 2 nitrogen and oxygen atoms in total. The van der Waals surface area contributed by atoms with Crippen molar-refractivity contribution in [3.05, 3.63) is 0 Å². The highest BCUT2D eigenvalue weighted by Crippen LogP contribution is 2.03. The summed E-state index contributed by atoms with van der Waals surface area (Å²) in [5, 5.41) is 0. The van der Waals surface area contributed by atoms with Gasteiger partial charge in [0.15, 0.2) is 0 Å². The van der Waals surface area contributed by atoms with E-state index < -0.39 is 0 Å². The maximum absolute atomic E-state index is 10.2. The van der Waals surface area contributed by atoms with E-state index in [1.165, 1.54) is 38.8 Å². The Kier molecular flexibility index (Phi) is 12.0. The maximum Gasteiger partial charge on any atom is 0.129 e. The van der Waals surface area contributed by atoms with Crippen molar-refractivity contribution in [1.82, 2.24) is 4.90 Å². The van der Waals surface area contributed by atoms with E-state index in [9.17, 15) is 4.79 Å². The van der Waals surface area contributed by atoms with Crippen molar-refractivity contribution >= 4 is 18.0 Å². The molecule has 0 rings (SSSR count). The molecule has 0 spiro atoms. The number of nitrogens with zero attached hydrogens (tertiary/aromatic N) is 1. The quantitative estimate of drug-likeness (QED) is 0.403. The zero-order valence-electron chi connectivity index (χ0n) is 10.2. The third-order valence-electron chi connectivity index (χ3n) is 2.39. The Morgan fingerprint density at radius 2 is 1.67 bits per heavy atom. The van der Waals surface area contributed by atoms with Crippen molar-refractivity contribution < 1.29 is 4.79 Å². The zero-order chi connectivity index (χ0) is 11.4. The Labute approximate surface area is 98.8 Å². The van der Waals surface area contributed by atoms with E-state index in [1.54, 1.807) is 11.8 Å². The van der Waals surface area contributed by atoms with Crippen LogP contribution < -0.4 is 0 Å². The first-order valence-electron chi connectivity index (χ1n) is 6.08. The minimum Gasteiger partial charge on any atom is -0.303 e. The lowest BCUT2D eigenvalue weighted by Crippen LogP contribution is -2.28. The molecule has 0 saturated carbocycles. The molecule has 0 atom stereocenters. The van der Waals surface area contributed by atoms with Gasteiger partial charge < -0.3 is 9.69 Å². The third-order valence-corrected chi connectivity index (χ3v) is 3.24. The Morgan fingerprint density at radius 1 is 1.07 bits per heavy atom. The van der Waals surface area contributed by atoms with Crippen LogP contribution in [0.15, 0.2) is 0 Å². The monoisotopic (exact) mass is 231 g/mol. The van der Waals surface area contributed by atoms with Gasteiger partial charge in [-0.15, -0.1) is 0 Å². The summed E-state index contributed by atoms with van der Waals surface area (Å²) in [5.41, 5.74) is 0. The van der Waals surface area contributed by atoms with Gasteiger partial charge in [0.2, 0.25) is 0 Å². The van der Waals surface area contributed by atoms with Gasteiger partial charge in [-0.05, 0) is 25.9 Å². The van der Waals surface area contributed by atoms with Crippen molar-refractivity contribution in [1.29, 1.82) is 0 Å². The van der Waals surface area contributed by atoms with Crippen LogP contribution in [0.25, 0.3) is 0 Å². The van der Waals surface area contributed by atoms with Crippen LogP contribution in [-0.4, -0.2) is 42.3 Å². The molecule has 0 bridgehead atoms. The summed E-state index contributed by atoms with van der Waals surface area (Å²) in [6.45, 7) is 8.05. The topological polar surface area (TPSA) is 20.3 Å². The number of unbranched alkanes of at least 4 members (excludes halogenated alkanes) is 2. The Hall–Kier alpha value is -0.0200. The molecule has 0 aliphatic rings. The van der Waals surface area contributed by atoms with E-state index in [4.69, 9.17) is 0 Å². The number of carbonyl (C=O) groups excluding carboxylic acids is 1. The summed E-state index contributed by atoms with van der Waals surface area (Å²) < 4.78 is 0.